The molecule has 1 heterocycles. The van der Waals surface area contributed by atoms with E-state index in [4.69, 9.17) is 0 Å². The fraction of sp³-hybridized carbons (Fsp3) is 0.368. The zero-order valence-corrected chi connectivity index (χ0v) is 13.7. The lowest BCUT2D eigenvalue weighted by Crippen LogP contribution is -2.44. The summed E-state index contributed by atoms with van der Waals surface area (Å²) in [5.74, 6) is -1.70. The molecular formula is C19H20F2N2O2. The highest BCUT2D eigenvalue weighted by Gasteiger charge is 2.44. The van der Waals surface area contributed by atoms with E-state index in [0.29, 0.717) is 18.4 Å². The van der Waals surface area contributed by atoms with E-state index in [1.807, 2.05) is 0 Å². The van der Waals surface area contributed by atoms with Crippen molar-refractivity contribution in [2.45, 2.75) is 37.2 Å². The smallest absolute Gasteiger partial charge is 0.230 e. The first-order chi connectivity index (χ1) is 12.0. The average molecular weight is 346 g/mol. The second-order valence-corrected chi connectivity index (χ2v) is 6.42. The van der Waals surface area contributed by atoms with Crippen molar-refractivity contribution < 1.29 is 18.7 Å². The number of amides is 1. The van der Waals surface area contributed by atoms with Crippen LogP contribution in [0.25, 0.3) is 0 Å². The third-order valence-corrected chi connectivity index (χ3v) is 4.89. The zero-order valence-electron chi connectivity index (χ0n) is 13.7. The molecule has 0 unspecified atom stereocenters. The fourth-order valence-electron chi connectivity index (χ4n) is 3.54. The number of hydrogen-bond donors (Lipinski definition) is 2. The number of carbonyl (C=O) groups is 1. The number of aromatic nitrogens is 1. The van der Waals surface area contributed by atoms with Crippen LogP contribution in [0.5, 0.6) is 0 Å². The SMILES string of the molecule is O=C(NC[C@H](O)c1ccncc1)C1(c2ccc(F)cc2F)CCCC1. The molecule has 3 rings (SSSR count). The summed E-state index contributed by atoms with van der Waals surface area (Å²) in [5, 5.41) is 12.9. The van der Waals surface area contributed by atoms with Gasteiger partial charge in [0.2, 0.25) is 5.91 Å². The van der Waals surface area contributed by atoms with E-state index in [0.717, 1.165) is 18.9 Å². The van der Waals surface area contributed by atoms with E-state index in [1.54, 1.807) is 24.5 Å². The predicted octanol–water partition coefficient (Wildman–Crippen LogP) is 3.02. The molecule has 1 saturated carbocycles. The minimum Gasteiger partial charge on any atom is -0.387 e. The van der Waals surface area contributed by atoms with Gasteiger partial charge < -0.3 is 10.4 Å². The normalized spacial score (nSPS) is 17.2. The number of benzene rings is 1. The molecule has 4 nitrogen and oxygen atoms in total. The van der Waals surface area contributed by atoms with Crippen molar-refractivity contribution >= 4 is 5.91 Å². The number of aliphatic hydroxyl groups is 1. The first-order valence-electron chi connectivity index (χ1n) is 8.35. The van der Waals surface area contributed by atoms with Crippen LogP contribution in [0.2, 0.25) is 0 Å². The van der Waals surface area contributed by atoms with E-state index < -0.39 is 23.2 Å². The largest absolute Gasteiger partial charge is 0.387 e. The molecule has 1 aromatic carbocycles. The number of hydrogen-bond acceptors (Lipinski definition) is 3. The van der Waals surface area contributed by atoms with Crippen molar-refractivity contribution in [1.82, 2.24) is 10.3 Å². The van der Waals surface area contributed by atoms with Gasteiger partial charge in [0.05, 0.1) is 11.5 Å². The van der Waals surface area contributed by atoms with Gasteiger partial charge in [-0.15, -0.1) is 0 Å². The summed E-state index contributed by atoms with van der Waals surface area (Å²) in [6, 6.07) is 6.69. The van der Waals surface area contributed by atoms with Crippen LogP contribution in [0, 0.1) is 11.6 Å². The van der Waals surface area contributed by atoms with Crippen LogP contribution in [0.1, 0.15) is 42.9 Å². The molecule has 25 heavy (non-hydrogen) atoms. The molecule has 1 atom stereocenters. The highest BCUT2D eigenvalue weighted by molar-refractivity contribution is 5.88. The van der Waals surface area contributed by atoms with Crippen molar-refractivity contribution in [3.8, 4) is 0 Å². The summed E-state index contributed by atoms with van der Waals surface area (Å²) >= 11 is 0. The summed E-state index contributed by atoms with van der Waals surface area (Å²) in [7, 11) is 0. The molecule has 1 fully saturated rings. The Balaban J connectivity index is 1.77. The zero-order chi connectivity index (χ0) is 17.9. The molecule has 2 aromatic rings. The lowest BCUT2D eigenvalue weighted by Gasteiger charge is -2.29. The maximum atomic E-state index is 14.3. The van der Waals surface area contributed by atoms with E-state index in [-0.39, 0.29) is 18.0 Å². The monoisotopic (exact) mass is 346 g/mol. The van der Waals surface area contributed by atoms with Crippen LogP contribution < -0.4 is 5.32 Å². The number of halogens is 2. The Hall–Kier alpha value is -2.34. The molecule has 2 N–H and O–H groups in total. The molecule has 132 valence electrons. The van der Waals surface area contributed by atoms with Gasteiger partial charge in [-0.1, -0.05) is 18.9 Å². The standard InChI is InChI=1S/C19H20F2N2O2/c20-14-3-4-15(16(21)11-14)19(7-1-2-8-19)18(25)23-12-17(24)13-5-9-22-10-6-13/h3-6,9-11,17,24H,1-2,7-8,12H2,(H,23,25)/t17-/m0/s1. The Labute approximate surface area is 144 Å². The topological polar surface area (TPSA) is 62.2 Å². The summed E-state index contributed by atoms with van der Waals surface area (Å²) < 4.78 is 27.5. The molecule has 1 aromatic heterocycles. The first-order valence-corrected chi connectivity index (χ1v) is 8.35. The van der Waals surface area contributed by atoms with Crippen molar-refractivity contribution in [3.05, 3.63) is 65.5 Å². The van der Waals surface area contributed by atoms with Crippen molar-refractivity contribution in [2.24, 2.45) is 0 Å². The van der Waals surface area contributed by atoms with Gasteiger partial charge in [-0.3, -0.25) is 9.78 Å². The van der Waals surface area contributed by atoms with Crippen molar-refractivity contribution in [2.75, 3.05) is 6.54 Å². The maximum absolute atomic E-state index is 14.3. The molecule has 1 amide bonds. The lowest BCUT2D eigenvalue weighted by atomic mass is 9.77. The Morgan fingerprint density at radius 3 is 2.52 bits per heavy atom. The summed E-state index contributed by atoms with van der Waals surface area (Å²) in [6.07, 6.45) is 4.87. The number of nitrogens with zero attached hydrogens (tertiary/aromatic N) is 1. The minimum atomic E-state index is -1.00. The maximum Gasteiger partial charge on any atom is 0.230 e. The second-order valence-electron chi connectivity index (χ2n) is 6.42. The summed E-state index contributed by atoms with van der Waals surface area (Å²) in [6.45, 7) is 0.0212. The molecule has 1 aliphatic carbocycles. The highest BCUT2D eigenvalue weighted by atomic mass is 19.1. The van der Waals surface area contributed by atoms with Crippen molar-refractivity contribution in [1.29, 1.82) is 0 Å². The average Bonchev–Trinajstić information content (AvgIpc) is 3.11. The second kappa shape index (κ2) is 7.27. The van der Waals surface area contributed by atoms with Gasteiger partial charge in [0.15, 0.2) is 0 Å². The van der Waals surface area contributed by atoms with E-state index in [9.17, 15) is 18.7 Å². The first kappa shape index (κ1) is 17.5. The van der Waals surface area contributed by atoms with Crippen LogP contribution in [0.3, 0.4) is 0 Å². The Morgan fingerprint density at radius 1 is 1.20 bits per heavy atom. The van der Waals surface area contributed by atoms with Crippen molar-refractivity contribution in [3.63, 3.8) is 0 Å². The van der Waals surface area contributed by atoms with E-state index in [2.05, 4.69) is 10.3 Å². The summed E-state index contributed by atoms with van der Waals surface area (Å²) in [5.41, 5.74) is -0.138. The van der Waals surface area contributed by atoms with Gasteiger partial charge in [-0.05, 0) is 36.6 Å². The third kappa shape index (κ3) is 3.54. The number of nitrogens with one attached hydrogen (secondary N) is 1. The molecule has 1 aliphatic rings. The van der Waals surface area contributed by atoms with Crippen LogP contribution in [-0.2, 0) is 10.2 Å². The number of pyridine rings is 1. The fourth-order valence-corrected chi connectivity index (χ4v) is 3.54. The predicted molar refractivity (Wildman–Crippen MR) is 88.7 cm³/mol. The molecule has 6 heteroatoms. The van der Waals surface area contributed by atoms with Gasteiger partial charge in [0.1, 0.15) is 11.6 Å². The number of rotatable bonds is 5. The number of carbonyl (C=O) groups excluding carboxylic acids is 1. The Morgan fingerprint density at radius 2 is 1.88 bits per heavy atom. The molecule has 0 bridgehead atoms. The van der Waals surface area contributed by atoms with E-state index in [1.165, 1.54) is 12.1 Å². The molecular weight excluding hydrogens is 326 g/mol. The van der Waals surface area contributed by atoms with E-state index >= 15 is 0 Å². The number of aliphatic hydroxyl groups excluding tert-OH is 1. The van der Waals surface area contributed by atoms with Gasteiger partial charge >= 0.3 is 0 Å². The summed E-state index contributed by atoms with van der Waals surface area (Å²) in [4.78, 5) is 16.7. The highest BCUT2D eigenvalue weighted by Crippen LogP contribution is 2.42. The van der Waals surface area contributed by atoms with Crippen LogP contribution >= 0.6 is 0 Å². The van der Waals surface area contributed by atoms with Crippen LogP contribution in [0.4, 0.5) is 8.78 Å². The van der Waals surface area contributed by atoms with Gasteiger partial charge in [-0.2, -0.15) is 0 Å². The van der Waals surface area contributed by atoms with Crippen LogP contribution in [-0.4, -0.2) is 22.5 Å². The minimum absolute atomic E-state index is 0.0212. The lowest BCUT2D eigenvalue weighted by molar-refractivity contribution is -0.127. The Kier molecular flexibility index (Phi) is 5.08. The van der Waals surface area contributed by atoms with Gasteiger partial charge in [-0.25, -0.2) is 8.78 Å². The molecule has 0 aliphatic heterocycles. The van der Waals surface area contributed by atoms with Gasteiger partial charge in [0, 0.05) is 30.6 Å². The molecule has 0 spiro atoms. The quantitative estimate of drug-likeness (QED) is 0.875. The molecule has 0 saturated heterocycles. The Bertz CT molecular complexity index is 746. The van der Waals surface area contributed by atoms with Gasteiger partial charge in [0.25, 0.3) is 0 Å². The molecule has 0 radical (unpaired) electrons. The van der Waals surface area contributed by atoms with Crippen LogP contribution in [0.15, 0.2) is 42.7 Å². The third-order valence-electron chi connectivity index (χ3n) is 4.89.